The summed E-state index contributed by atoms with van der Waals surface area (Å²) in [4.78, 5) is 27.5. The second-order valence-corrected chi connectivity index (χ2v) is 8.24. The van der Waals surface area contributed by atoms with E-state index in [1.165, 1.54) is 26.4 Å². The van der Waals surface area contributed by atoms with E-state index in [1.54, 1.807) is 18.3 Å². The number of fused-ring (bicyclic) bond motifs is 2. The van der Waals surface area contributed by atoms with Crippen molar-refractivity contribution in [3.05, 3.63) is 52.9 Å². The number of Topliss-reactive ketones (excluding diaryl/α,β-unsaturated/α-hetero) is 1. The number of hydrogen-bond donors (Lipinski definition) is 1. The molecule has 3 aliphatic heterocycles. The minimum absolute atomic E-state index is 0.0378. The van der Waals surface area contributed by atoms with E-state index in [2.05, 4.69) is 0 Å². The van der Waals surface area contributed by atoms with E-state index in [9.17, 15) is 14.7 Å². The van der Waals surface area contributed by atoms with Gasteiger partial charge in [0.1, 0.15) is 11.5 Å². The number of ether oxygens (including phenoxy) is 6. The van der Waals surface area contributed by atoms with Crippen molar-refractivity contribution >= 4 is 11.8 Å². The number of aromatic hydroxyl groups is 1. The Bertz CT molecular complexity index is 1200. The van der Waals surface area contributed by atoms with Gasteiger partial charge in [-0.3, -0.25) is 9.59 Å². The van der Waals surface area contributed by atoms with Gasteiger partial charge in [0, 0.05) is 30.8 Å². The van der Waals surface area contributed by atoms with Gasteiger partial charge < -0.3 is 38.4 Å². The number of esters is 1. The van der Waals surface area contributed by atoms with Crippen LogP contribution in [-0.2, 0) is 14.3 Å². The SMILES string of the molecule is COC(=O)CC(c1cc(OC)c2c(c1)OCO2)c1c(O)ccc2c1OC(=CN1CCOCC1)C2=O. The molecule has 0 saturated carbocycles. The number of nitrogens with zero attached hydrogens (tertiary/aromatic N) is 1. The minimum Gasteiger partial charge on any atom is -0.508 e. The highest BCUT2D eigenvalue weighted by molar-refractivity contribution is 6.12. The third kappa shape index (κ3) is 4.21. The van der Waals surface area contributed by atoms with Gasteiger partial charge in [0.15, 0.2) is 17.3 Å². The van der Waals surface area contributed by atoms with E-state index < -0.39 is 11.9 Å². The lowest BCUT2D eigenvalue weighted by atomic mass is 9.85. The summed E-state index contributed by atoms with van der Waals surface area (Å²) in [6.45, 7) is 2.43. The Hall–Kier alpha value is -3.92. The van der Waals surface area contributed by atoms with Crippen molar-refractivity contribution in [2.75, 3.05) is 47.3 Å². The van der Waals surface area contributed by atoms with Crippen molar-refractivity contribution < 1.29 is 43.1 Å². The van der Waals surface area contributed by atoms with Crippen molar-refractivity contribution in [1.82, 2.24) is 4.90 Å². The first-order valence-corrected chi connectivity index (χ1v) is 11.2. The number of benzene rings is 2. The lowest BCUT2D eigenvalue weighted by Crippen LogP contribution is -2.32. The normalized spacial score (nSPS) is 18.3. The van der Waals surface area contributed by atoms with Gasteiger partial charge in [-0.2, -0.15) is 0 Å². The van der Waals surface area contributed by atoms with E-state index in [4.69, 9.17) is 28.4 Å². The third-order valence-electron chi connectivity index (χ3n) is 6.23. The number of ketones is 1. The zero-order valence-corrected chi connectivity index (χ0v) is 19.4. The molecular weight excluding hydrogens is 458 g/mol. The van der Waals surface area contributed by atoms with Crippen LogP contribution in [0.4, 0.5) is 0 Å². The van der Waals surface area contributed by atoms with Gasteiger partial charge in [-0.05, 0) is 29.8 Å². The average molecular weight is 483 g/mol. The highest BCUT2D eigenvalue weighted by Crippen LogP contribution is 2.50. The van der Waals surface area contributed by atoms with Crippen molar-refractivity contribution in [2.24, 2.45) is 0 Å². The fourth-order valence-corrected chi connectivity index (χ4v) is 4.45. The third-order valence-corrected chi connectivity index (χ3v) is 6.23. The number of morpholine rings is 1. The lowest BCUT2D eigenvalue weighted by molar-refractivity contribution is -0.140. The van der Waals surface area contributed by atoms with Gasteiger partial charge in [0.2, 0.25) is 18.3 Å². The minimum atomic E-state index is -0.726. The number of allylic oxidation sites excluding steroid dienone is 1. The highest BCUT2D eigenvalue weighted by atomic mass is 16.7. The molecule has 1 saturated heterocycles. The largest absolute Gasteiger partial charge is 0.508 e. The van der Waals surface area contributed by atoms with Crippen molar-refractivity contribution in [2.45, 2.75) is 12.3 Å². The summed E-state index contributed by atoms with van der Waals surface area (Å²) in [7, 11) is 2.79. The average Bonchev–Trinajstić information content (AvgIpc) is 3.47. The number of phenols is 1. The maximum Gasteiger partial charge on any atom is 0.306 e. The Balaban J connectivity index is 1.60. The number of hydrogen-bond acceptors (Lipinski definition) is 10. The predicted octanol–water partition coefficient (Wildman–Crippen LogP) is 2.57. The van der Waals surface area contributed by atoms with E-state index >= 15 is 0 Å². The Labute approximate surface area is 201 Å². The van der Waals surface area contributed by atoms with Crippen LogP contribution in [0.3, 0.4) is 0 Å². The van der Waals surface area contributed by atoms with E-state index in [0.717, 1.165) is 0 Å². The van der Waals surface area contributed by atoms with Crippen LogP contribution in [0.25, 0.3) is 0 Å². The molecule has 1 unspecified atom stereocenters. The summed E-state index contributed by atoms with van der Waals surface area (Å²) < 4.78 is 32.8. The van der Waals surface area contributed by atoms with Gasteiger partial charge in [0.05, 0.1) is 39.4 Å². The molecule has 1 fully saturated rings. The molecule has 1 N–H and O–H groups in total. The van der Waals surface area contributed by atoms with Gasteiger partial charge in [0.25, 0.3) is 0 Å². The van der Waals surface area contributed by atoms with E-state index in [1.807, 2.05) is 4.90 Å². The number of phenolic OH excluding ortho intramolecular Hbond substituents is 1. The van der Waals surface area contributed by atoms with Crippen LogP contribution in [-0.4, -0.2) is 69.1 Å². The molecule has 2 aromatic carbocycles. The molecule has 0 spiro atoms. The van der Waals surface area contributed by atoms with Gasteiger partial charge in [-0.25, -0.2) is 0 Å². The molecule has 3 aliphatic rings. The Kier molecular flexibility index (Phi) is 6.12. The predicted molar refractivity (Wildman–Crippen MR) is 121 cm³/mol. The molecule has 2 aromatic rings. The quantitative estimate of drug-likeness (QED) is 0.486. The van der Waals surface area contributed by atoms with Crippen molar-refractivity contribution in [3.63, 3.8) is 0 Å². The summed E-state index contributed by atoms with van der Waals surface area (Å²) in [5, 5.41) is 10.9. The topological polar surface area (TPSA) is 113 Å². The molecule has 0 aromatic heterocycles. The molecule has 184 valence electrons. The zero-order valence-electron chi connectivity index (χ0n) is 19.4. The first-order valence-electron chi connectivity index (χ1n) is 11.2. The fourth-order valence-electron chi connectivity index (χ4n) is 4.45. The summed E-state index contributed by atoms with van der Waals surface area (Å²) in [6, 6.07) is 6.38. The number of rotatable bonds is 6. The second-order valence-electron chi connectivity index (χ2n) is 8.24. The Morgan fingerprint density at radius 1 is 1.17 bits per heavy atom. The summed E-state index contributed by atoms with van der Waals surface area (Å²) in [5.41, 5.74) is 1.20. The maximum atomic E-state index is 13.1. The van der Waals surface area contributed by atoms with Gasteiger partial charge in [-0.1, -0.05) is 0 Å². The van der Waals surface area contributed by atoms with Gasteiger partial charge in [-0.15, -0.1) is 0 Å². The molecule has 1 atom stereocenters. The van der Waals surface area contributed by atoms with Crippen molar-refractivity contribution in [3.8, 4) is 28.7 Å². The number of carbonyl (C=O) groups is 2. The molecule has 5 rings (SSSR count). The Morgan fingerprint density at radius 3 is 2.71 bits per heavy atom. The van der Waals surface area contributed by atoms with Crippen LogP contribution in [0.1, 0.15) is 33.8 Å². The van der Waals surface area contributed by atoms with E-state index in [0.29, 0.717) is 60.2 Å². The van der Waals surface area contributed by atoms with Crippen LogP contribution < -0.4 is 18.9 Å². The number of carbonyl (C=O) groups excluding carboxylic acids is 2. The first kappa shape index (κ1) is 22.9. The summed E-state index contributed by atoms with van der Waals surface area (Å²) in [6.07, 6.45) is 1.55. The lowest BCUT2D eigenvalue weighted by Gasteiger charge is -2.25. The van der Waals surface area contributed by atoms with Crippen LogP contribution in [0, 0.1) is 0 Å². The first-order chi connectivity index (χ1) is 17.0. The monoisotopic (exact) mass is 483 g/mol. The number of methoxy groups -OCH3 is 2. The highest BCUT2D eigenvalue weighted by Gasteiger charge is 2.36. The van der Waals surface area contributed by atoms with Crippen molar-refractivity contribution in [1.29, 1.82) is 0 Å². The molecule has 0 bridgehead atoms. The van der Waals surface area contributed by atoms with Crippen LogP contribution in [0.2, 0.25) is 0 Å². The Morgan fingerprint density at radius 2 is 1.97 bits per heavy atom. The van der Waals surface area contributed by atoms with Crippen LogP contribution >= 0.6 is 0 Å². The molecule has 0 aliphatic carbocycles. The smallest absolute Gasteiger partial charge is 0.306 e. The maximum absolute atomic E-state index is 13.1. The fraction of sp³-hybridized carbons (Fsp3) is 0.360. The molecule has 0 radical (unpaired) electrons. The molecule has 3 heterocycles. The van der Waals surface area contributed by atoms with Gasteiger partial charge >= 0.3 is 5.97 Å². The second kappa shape index (κ2) is 9.38. The summed E-state index contributed by atoms with van der Waals surface area (Å²) >= 11 is 0. The standard InChI is InChI=1S/C25H25NO9/c1-30-18-9-14(10-19-25(18)34-13-33-19)16(11-21(28)31-2)22-17(27)4-3-15-23(29)20(35-24(15)22)12-26-5-7-32-8-6-26/h3-4,9-10,12,16,27H,5-8,11,13H2,1-2H3. The van der Waals surface area contributed by atoms with Crippen LogP contribution in [0.15, 0.2) is 36.2 Å². The molecule has 10 nitrogen and oxygen atoms in total. The zero-order chi connectivity index (χ0) is 24.5. The summed E-state index contributed by atoms with van der Waals surface area (Å²) in [5.74, 6) is 0.0375. The molecular formula is C25H25NO9. The molecule has 0 amide bonds. The molecule has 35 heavy (non-hydrogen) atoms. The van der Waals surface area contributed by atoms with Crippen LogP contribution in [0.5, 0.6) is 28.7 Å². The molecule has 10 heteroatoms. The van der Waals surface area contributed by atoms with E-state index in [-0.39, 0.29) is 36.3 Å².